The number of carbonyl (C=O) groups excluding carboxylic acids is 1. The summed E-state index contributed by atoms with van der Waals surface area (Å²) >= 11 is 0. The molecule has 1 atom stereocenters. The minimum atomic E-state index is -3.34. The van der Waals surface area contributed by atoms with Gasteiger partial charge in [-0.2, -0.15) is 0 Å². The molecule has 2 N–H and O–H groups in total. The molecule has 0 aliphatic carbocycles. The molecule has 1 rings (SSSR count). The first-order valence-electron chi connectivity index (χ1n) is 7.19. The first kappa shape index (κ1) is 17.5. The second kappa shape index (κ2) is 8.02. The summed E-state index contributed by atoms with van der Waals surface area (Å²) in [7, 11) is -3.34. The summed E-state index contributed by atoms with van der Waals surface area (Å²) in [6, 6.07) is 6.83. The molecule has 1 aromatic rings. The number of hydrogen-bond donors (Lipinski definition) is 2. The summed E-state index contributed by atoms with van der Waals surface area (Å²) in [5.41, 5.74) is 1.26. The van der Waals surface area contributed by atoms with Crippen LogP contribution in [0.3, 0.4) is 0 Å². The second-order valence-corrected chi connectivity index (χ2v) is 6.96. The molecule has 1 amide bonds. The Kier molecular flexibility index (Phi) is 6.68. The van der Waals surface area contributed by atoms with Gasteiger partial charge >= 0.3 is 0 Å². The molecule has 0 saturated carbocycles. The van der Waals surface area contributed by atoms with Crippen molar-refractivity contribution in [2.45, 2.75) is 45.6 Å². The Bertz CT molecular complexity index is 570. The fraction of sp³-hybridized carbons (Fsp3) is 0.533. The van der Waals surface area contributed by atoms with Crippen LogP contribution in [0.2, 0.25) is 0 Å². The van der Waals surface area contributed by atoms with Crippen molar-refractivity contribution in [3.05, 3.63) is 29.8 Å². The monoisotopic (exact) mass is 312 g/mol. The van der Waals surface area contributed by atoms with Crippen molar-refractivity contribution in [1.82, 2.24) is 5.32 Å². The molecule has 0 bridgehead atoms. The highest BCUT2D eigenvalue weighted by Gasteiger charge is 2.14. The largest absolute Gasteiger partial charge is 0.350 e. The fourth-order valence-corrected chi connectivity index (χ4v) is 2.68. The number of amides is 1. The summed E-state index contributed by atoms with van der Waals surface area (Å²) in [4.78, 5) is 11.8. The smallest absolute Gasteiger partial charge is 0.229 e. The van der Waals surface area contributed by atoms with Gasteiger partial charge in [0.2, 0.25) is 15.9 Å². The van der Waals surface area contributed by atoms with E-state index in [1.807, 2.05) is 19.1 Å². The summed E-state index contributed by atoms with van der Waals surface area (Å²) in [6.45, 7) is 3.94. The van der Waals surface area contributed by atoms with Gasteiger partial charge in [-0.15, -0.1) is 0 Å². The molecule has 0 aliphatic rings. The van der Waals surface area contributed by atoms with Crippen LogP contribution in [0.4, 0.5) is 5.69 Å². The quantitative estimate of drug-likeness (QED) is 0.725. The molecule has 0 fully saturated rings. The van der Waals surface area contributed by atoms with Gasteiger partial charge in [-0.05, 0) is 25.0 Å². The molecule has 6 heteroatoms. The van der Waals surface area contributed by atoms with E-state index in [-0.39, 0.29) is 11.9 Å². The minimum Gasteiger partial charge on any atom is -0.350 e. The highest BCUT2D eigenvalue weighted by atomic mass is 32.2. The Morgan fingerprint density at radius 1 is 1.24 bits per heavy atom. The Morgan fingerprint density at radius 2 is 1.90 bits per heavy atom. The number of unbranched alkanes of at least 4 members (excludes halogenated alkanes) is 2. The van der Waals surface area contributed by atoms with Crippen LogP contribution in [0.15, 0.2) is 24.3 Å². The van der Waals surface area contributed by atoms with Crippen molar-refractivity contribution in [2.24, 2.45) is 0 Å². The van der Waals surface area contributed by atoms with E-state index in [1.54, 1.807) is 12.1 Å². The number of nitrogens with one attached hydrogen (secondary N) is 2. The number of rotatable bonds is 8. The van der Waals surface area contributed by atoms with E-state index in [1.165, 1.54) is 0 Å². The van der Waals surface area contributed by atoms with Crippen LogP contribution in [0.25, 0.3) is 0 Å². The summed E-state index contributed by atoms with van der Waals surface area (Å²) in [5.74, 6) is -0.00916. The Balaban J connectivity index is 2.73. The fourth-order valence-electron chi connectivity index (χ4n) is 2.09. The molecule has 0 spiro atoms. The number of para-hydroxylation sites is 1. The Morgan fingerprint density at radius 3 is 2.52 bits per heavy atom. The summed E-state index contributed by atoms with van der Waals surface area (Å²) < 4.78 is 25.2. The predicted molar refractivity (Wildman–Crippen MR) is 85.6 cm³/mol. The molecule has 0 saturated heterocycles. The zero-order chi connectivity index (χ0) is 15.9. The zero-order valence-electron chi connectivity index (χ0n) is 12.8. The van der Waals surface area contributed by atoms with Crippen LogP contribution < -0.4 is 10.0 Å². The van der Waals surface area contributed by atoms with E-state index in [2.05, 4.69) is 17.0 Å². The maximum atomic E-state index is 11.8. The third kappa shape index (κ3) is 6.62. The SMILES string of the molecule is CCCCCC(=O)NC(C)c1ccccc1NS(C)(=O)=O. The van der Waals surface area contributed by atoms with Gasteiger partial charge in [0, 0.05) is 6.42 Å². The molecule has 0 heterocycles. The average molecular weight is 312 g/mol. The van der Waals surface area contributed by atoms with Crippen molar-refractivity contribution in [3.63, 3.8) is 0 Å². The Hall–Kier alpha value is -1.56. The lowest BCUT2D eigenvalue weighted by Crippen LogP contribution is -2.27. The van der Waals surface area contributed by atoms with E-state index in [0.29, 0.717) is 12.1 Å². The number of benzene rings is 1. The number of sulfonamides is 1. The molecule has 1 unspecified atom stereocenters. The third-order valence-electron chi connectivity index (χ3n) is 3.11. The summed E-state index contributed by atoms with van der Waals surface area (Å²) in [5, 5.41) is 2.91. The van der Waals surface area contributed by atoms with Gasteiger partial charge in [-0.3, -0.25) is 9.52 Å². The van der Waals surface area contributed by atoms with Gasteiger partial charge in [0.1, 0.15) is 0 Å². The maximum Gasteiger partial charge on any atom is 0.229 e. The number of hydrogen-bond acceptors (Lipinski definition) is 3. The molecule has 0 aromatic heterocycles. The van der Waals surface area contributed by atoms with Gasteiger partial charge < -0.3 is 5.32 Å². The molecule has 0 aliphatic heterocycles. The van der Waals surface area contributed by atoms with E-state index in [4.69, 9.17) is 0 Å². The van der Waals surface area contributed by atoms with E-state index < -0.39 is 10.0 Å². The highest BCUT2D eigenvalue weighted by Crippen LogP contribution is 2.23. The van der Waals surface area contributed by atoms with Crippen LogP contribution in [0.1, 0.15) is 51.1 Å². The molecule has 21 heavy (non-hydrogen) atoms. The normalized spacial score (nSPS) is 12.7. The minimum absolute atomic E-state index is 0.00916. The molecular formula is C15H24N2O3S. The first-order valence-corrected chi connectivity index (χ1v) is 9.08. The van der Waals surface area contributed by atoms with Gasteiger partial charge in [0.05, 0.1) is 18.0 Å². The van der Waals surface area contributed by atoms with Crippen LogP contribution in [0, 0.1) is 0 Å². The van der Waals surface area contributed by atoms with E-state index >= 15 is 0 Å². The molecule has 118 valence electrons. The lowest BCUT2D eigenvalue weighted by Gasteiger charge is -2.18. The van der Waals surface area contributed by atoms with Gasteiger partial charge in [0.25, 0.3) is 0 Å². The van der Waals surface area contributed by atoms with Crippen molar-refractivity contribution in [2.75, 3.05) is 11.0 Å². The second-order valence-electron chi connectivity index (χ2n) is 5.21. The summed E-state index contributed by atoms with van der Waals surface area (Å²) in [6.07, 6.45) is 4.59. The maximum absolute atomic E-state index is 11.8. The molecule has 0 radical (unpaired) electrons. The standard InChI is InChI=1S/C15H24N2O3S/c1-4-5-6-11-15(18)16-12(2)13-9-7-8-10-14(13)17-21(3,19)20/h7-10,12,17H,4-6,11H2,1-3H3,(H,16,18). The van der Waals surface area contributed by atoms with Crippen molar-refractivity contribution in [1.29, 1.82) is 0 Å². The van der Waals surface area contributed by atoms with Gasteiger partial charge in [-0.1, -0.05) is 38.0 Å². The van der Waals surface area contributed by atoms with Crippen LogP contribution in [-0.2, 0) is 14.8 Å². The molecule has 5 nitrogen and oxygen atoms in total. The van der Waals surface area contributed by atoms with Crippen molar-refractivity contribution >= 4 is 21.6 Å². The third-order valence-corrected chi connectivity index (χ3v) is 3.70. The van der Waals surface area contributed by atoms with Crippen molar-refractivity contribution in [3.8, 4) is 0 Å². The molecule has 1 aromatic carbocycles. The van der Waals surface area contributed by atoms with Gasteiger partial charge in [-0.25, -0.2) is 8.42 Å². The lowest BCUT2D eigenvalue weighted by molar-refractivity contribution is -0.121. The van der Waals surface area contributed by atoms with Crippen LogP contribution in [0.5, 0.6) is 0 Å². The van der Waals surface area contributed by atoms with Crippen molar-refractivity contribution < 1.29 is 13.2 Å². The zero-order valence-corrected chi connectivity index (χ0v) is 13.7. The topological polar surface area (TPSA) is 75.3 Å². The highest BCUT2D eigenvalue weighted by molar-refractivity contribution is 7.92. The molecular weight excluding hydrogens is 288 g/mol. The average Bonchev–Trinajstić information content (AvgIpc) is 2.37. The first-order chi connectivity index (χ1) is 9.83. The number of carbonyl (C=O) groups is 1. The lowest BCUT2D eigenvalue weighted by atomic mass is 10.1. The van der Waals surface area contributed by atoms with Crippen LogP contribution >= 0.6 is 0 Å². The Labute approximate surface area is 127 Å². The van der Waals surface area contributed by atoms with E-state index in [0.717, 1.165) is 31.1 Å². The number of anilines is 1. The predicted octanol–water partition coefficient (Wildman–Crippen LogP) is 2.82. The van der Waals surface area contributed by atoms with Crippen LogP contribution in [-0.4, -0.2) is 20.6 Å². The van der Waals surface area contributed by atoms with Gasteiger partial charge in [0.15, 0.2) is 0 Å². The van der Waals surface area contributed by atoms with E-state index in [9.17, 15) is 13.2 Å².